The first-order valence-electron chi connectivity index (χ1n) is 7.01. The van der Waals surface area contributed by atoms with Gasteiger partial charge in [-0.05, 0) is 57.1 Å². The SMILES string of the molecule is CC1(C)CC(NC(=O)c2ccc3oc(=S)[nH]c3c2)CCO1. The number of carbonyl (C=O) groups excluding carboxylic acids is 1. The Morgan fingerprint density at radius 1 is 1.48 bits per heavy atom. The molecule has 0 bridgehead atoms. The molecule has 6 heteroatoms. The molecule has 1 unspecified atom stereocenters. The summed E-state index contributed by atoms with van der Waals surface area (Å²) in [6, 6.07) is 5.40. The van der Waals surface area contributed by atoms with Crippen molar-refractivity contribution in [3.05, 3.63) is 28.6 Å². The van der Waals surface area contributed by atoms with E-state index in [1.807, 2.05) is 13.8 Å². The van der Waals surface area contributed by atoms with Crippen LogP contribution >= 0.6 is 12.2 Å². The van der Waals surface area contributed by atoms with Crippen molar-refractivity contribution < 1.29 is 13.9 Å². The van der Waals surface area contributed by atoms with E-state index in [-0.39, 0.29) is 17.6 Å². The zero-order chi connectivity index (χ0) is 15.0. The standard InChI is InChI=1S/C15H18N2O3S/c1-15(2)8-10(5-6-19-15)16-13(18)9-3-4-12-11(7-9)17-14(21)20-12/h3-4,7,10H,5-6,8H2,1-2H3,(H,16,18)(H,17,21). The molecule has 0 spiro atoms. The number of ether oxygens (including phenoxy) is 1. The number of aromatic nitrogens is 1. The fourth-order valence-electron chi connectivity index (χ4n) is 2.72. The van der Waals surface area contributed by atoms with Crippen LogP contribution in [0.1, 0.15) is 37.0 Å². The topological polar surface area (TPSA) is 67.3 Å². The second kappa shape index (κ2) is 5.27. The quantitative estimate of drug-likeness (QED) is 0.836. The van der Waals surface area contributed by atoms with Crippen LogP contribution in [0.5, 0.6) is 0 Å². The van der Waals surface area contributed by atoms with Gasteiger partial charge in [0.15, 0.2) is 5.58 Å². The van der Waals surface area contributed by atoms with Gasteiger partial charge in [-0.2, -0.15) is 0 Å². The van der Waals surface area contributed by atoms with Crippen molar-refractivity contribution in [1.82, 2.24) is 10.3 Å². The van der Waals surface area contributed by atoms with E-state index in [4.69, 9.17) is 21.4 Å². The van der Waals surface area contributed by atoms with Crippen LogP contribution in [0.2, 0.25) is 0 Å². The van der Waals surface area contributed by atoms with Crippen molar-refractivity contribution in [2.24, 2.45) is 0 Å². The summed E-state index contributed by atoms with van der Waals surface area (Å²) in [5.74, 6) is -0.0832. The Labute approximate surface area is 127 Å². The number of aromatic amines is 1. The molecule has 1 atom stereocenters. The van der Waals surface area contributed by atoms with Gasteiger partial charge in [0.05, 0.1) is 11.1 Å². The highest BCUT2D eigenvalue weighted by Crippen LogP contribution is 2.24. The zero-order valence-electron chi connectivity index (χ0n) is 12.1. The van der Waals surface area contributed by atoms with Crippen LogP contribution in [-0.4, -0.2) is 29.1 Å². The van der Waals surface area contributed by atoms with Crippen LogP contribution in [0.25, 0.3) is 11.1 Å². The van der Waals surface area contributed by atoms with Crippen molar-refractivity contribution in [2.45, 2.75) is 38.3 Å². The average molecular weight is 306 g/mol. The van der Waals surface area contributed by atoms with Gasteiger partial charge in [0.2, 0.25) is 0 Å². The lowest BCUT2D eigenvalue weighted by atomic mass is 9.94. The summed E-state index contributed by atoms with van der Waals surface area (Å²) in [4.78, 5) is 15.6. The molecule has 1 aromatic heterocycles. The summed E-state index contributed by atoms with van der Waals surface area (Å²) in [5.41, 5.74) is 1.80. The van der Waals surface area contributed by atoms with Crippen molar-refractivity contribution in [1.29, 1.82) is 0 Å². The Balaban J connectivity index is 1.75. The minimum absolute atomic E-state index is 0.0832. The monoisotopic (exact) mass is 306 g/mol. The number of benzene rings is 1. The highest BCUT2D eigenvalue weighted by molar-refractivity contribution is 7.71. The largest absolute Gasteiger partial charge is 0.429 e. The molecule has 1 fully saturated rings. The highest BCUT2D eigenvalue weighted by atomic mass is 32.1. The van der Waals surface area contributed by atoms with E-state index in [9.17, 15) is 4.79 Å². The molecule has 1 saturated heterocycles. The van der Waals surface area contributed by atoms with Gasteiger partial charge in [0.25, 0.3) is 10.7 Å². The number of nitrogens with one attached hydrogen (secondary N) is 2. The zero-order valence-corrected chi connectivity index (χ0v) is 12.9. The maximum absolute atomic E-state index is 12.4. The third-order valence-electron chi connectivity index (χ3n) is 3.71. The molecule has 21 heavy (non-hydrogen) atoms. The summed E-state index contributed by atoms with van der Waals surface area (Å²) in [6.45, 7) is 4.76. The molecule has 0 aliphatic carbocycles. The van der Waals surface area contributed by atoms with Gasteiger partial charge < -0.3 is 19.5 Å². The Kier molecular flexibility index (Phi) is 3.59. The molecule has 112 valence electrons. The van der Waals surface area contributed by atoms with Gasteiger partial charge >= 0.3 is 0 Å². The number of oxazole rings is 1. The Morgan fingerprint density at radius 3 is 3.05 bits per heavy atom. The number of rotatable bonds is 2. The van der Waals surface area contributed by atoms with Crippen molar-refractivity contribution in [2.75, 3.05) is 6.61 Å². The average Bonchev–Trinajstić information content (AvgIpc) is 2.76. The smallest absolute Gasteiger partial charge is 0.266 e. The highest BCUT2D eigenvalue weighted by Gasteiger charge is 2.29. The lowest BCUT2D eigenvalue weighted by Crippen LogP contribution is -2.45. The summed E-state index contributed by atoms with van der Waals surface area (Å²) < 4.78 is 11.0. The molecule has 1 aliphatic heterocycles. The first kappa shape index (κ1) is 14.3. The molecule has 1 aliphatic rings. The van der Waals surface area contributed by atoms with Crippen molar-refractivity contribution in [3.8, 4) is 0 Å². The predicted octanol–water partition coefficient (Wildman–Crippen LogP) is 3.18. The lowest BCUT2D eigenvalue weighted by molar-refractivity contribution is -0.0615. The van der Waals surface area contributed by atoms with Gasteiger partial charge in [-0.25, -0.2) is 0 Å². The normalized spacial score (nSPS) is 21.3. The minimum Gasteiger partial charge on any atom is -0.429 e. The van der Waals surface area contributed by atoms with Crippen LogP contribution in [0.3, 0.4) is 0 Å². The van der Waals surface area contributed by atoms with Crippen LogP contribution in [0.15, 0.2) is 22.6 Å². The first-order valence-corrected chi connectivity index (χ1v) is 7.41. The van der Waals surface area contributed by atoms with Gasteiger partial charge in [-0.15, -0.1) is 0 Å². The fraction of sp³-hybridized carbons (Fsp3) is 0.467. The minimum atomic E-state index is -0.185. The van der Waals surface area contributed by atoms with E-state index in [1.165, 1.54) is 0 Å². The summed E-state index contributed by atoms with van der Waals surface area (Å²) in [6.07, 6.45) is 1.65. The molecule has 2 heterocycles. The molecule has 5 nitrogen and oxygen atoms in total. The van der Waals surface area contributed by atoms with E-state index in [0.29, 0.717) is 22.6 Å². The summed E-state index contributed by atoms with van der Waals surface area (Å²) in [7, 11) is 0. The van der Waals surface area contributed by atoms with Crippen LogP contribution < -0.4 is 5.32 Å². The number of hydrogen-bond donors (Lipinski definition) is 2. The maximum atomic E-state index is 12.4. The van der Waals surface area contributed by atoms with Gasteiger partial charge in [0.1, 0.15) is 0 Å². The van der Waals surface area contributed by atoms with Gasteiger partial charge in [-0.3, -0.25) is 4.79 Å². The Hall–Kier alpha value is -1.66. The van der Waals surface area contributed by atoms with Crippen LogP contribution in [0, 0.1) is 4.84 Å². The third-order valence-corrected chi connectivity index (χ3v) is 3.90. The first-order chi connectivity index (χ1) is 9.93. The Morgan fingerprint density at radius 2 is 2.29 bits per heavy atom. The molecule has 3 rings (SSSR count). The summed E-state index contributed by atoms with van der Waals surface area (Å²) >= 11 is 4.94. The number of hydrogen-bond acceptors (Lipinski definition) is 4. The van der Waals surface area contributed by atoms with Crippen LogP contribution in [-0.2, 0) is 4.74 Å². The lowest BCUT2D eigenvalue weighted by Gasteiger charge is -2.35. The maximum Gasteiger partial charge on any atom is 0.266 e. The molecular formula is C15H18N2O3S. The molecule has 2 aromatic rings. The van der Waals surface area contributed by atoms with E-state index in [0.717, 1.165) is 18.4 Å². The second-order valence-corrected chi connectivity index (χ2v) is 6.37. The summed E-state index contributed by atoms with van der Waals surface area (Å²) in [5, 5.41) is 3.07. The van der Waals surface area contributed by atoms with Gasteiger partial charge in [-0.1, -0.05) is 0 Å². The van der Waals surface area contributed by atoms with Crippen molar-refractivity contribution >= 4 is 29.2 Å². The van der Waals surface area contributed by atoms with Gasteiger partial charge in [0, 0.05) is 18.2 Å². The van der Waals surface area contributed by atoms with E-state index >= 15 is 0 Å². The molecule has 0 saturated carbocycles. The van der Waals surface area contributed by atoms with Crippen LogP contribution in [0.4, 0.5) is 0 Å². The number of H-pyrrole nitrogens is 1. The number of amides is 1. The fourth-order valence-corrected chi connectivity index (χ4v) is 2.92. The van der Waals surface area contributed by atoms with E-state index < -0.39 is 0 Å². The Bertz CT molecular complexity index is 732. The number of carbonyl (C=O) groups is 1. The predicted molar refractivity (Wildman–Crippen MR) is 81.9 cm³/mol. The van der Waals surface area contributed by atoms with Crippen molar-refractivity contribution in [3.63, 3.8) is 0 Å². The molecule has 0 radical (unpaired) electrons. The van der Waals surface area contributed by atoms with E-state index in [2.05, 4.69) is 10.3 Å². The second-order valence-electron chi connectivity index (χ2n) is 6.00. The number of fused-ring (bicyclic) bond motifs is 1. The molecule has 1 amide bonds. The molecular weight excluding hydrogens is 288 g/mol. The molecule has 1 aromatic carbocycles. The molecule has 2 N–H and O–H groups in total. The third kappa shape index (κ3) is 3.16. The van der Waals surface area contributed by atoms with E-state index in [1.54, 1.807) is 18.2 Å².